The van der Waals surface area contributed by atoms with Crippen LogP contribution in [0.1, 0.15) is 39.0 Å². The third-order valence-corrected chi connectivity index (χ3v) is 6.80. The number of hydrogen-bond acceptors (Lipinski definition) is 4. The predicted octanol–water partition coefficient (Wildman–Crippen LogP) is 3.54. The van der Waals surface area contributed by atoms with Gasteiger partial charge in [-0.15, -0.1) is 0 Å². The van der Waals surface area contributed by atoms with Crippen molar-refractivity contribution < 1.29 is 18.0 Å². The standard InChI is InChI=1S/C23H29N3O4S/c1-2-3-4-8-15-24-31(29,30)21-13-11-19(12-14-21)25-23(28)18-16-22(27)26(17-18)20-9-6-5-7-10-20/h5-7,9-14,18,24H,2-4,8,15-17H2,1H3,(H,25,28). The number of benzene rings is 2. The van der Waals surface area contributed by atoms with Gasteiger partial charge in [-0.05, 0) is 42.8 Å². The predicted molar refractivity (Wildman–Crippen MR) is 121 cm³/mol. The van der Waals surface area contributed by atoms with Crippen molar-refractivity contribution in [2.75, 3.05) is 23.3 Å². The number of amides is 2. The van der Waals surface area contributed by atoms with E-state index in [0.717, 1.165) is 31.4 Å². The van der Waals surface area contributed by atoms with E-state index in [1.54, 1.807) is 17.0 Å². The molecule has 1 fully saturated rings. The maximum absolute atomic E-state index is 12.6. The highest BCUT2D eigenvalue weighted by Crippen LogP contribution is 2.26. The third-order valence-electron chi connectivity index (χ3n) is 5.32. The molecule has 0 aromatic heterocycles. The van der Waals surface area contributed by atoms with E-state index < -0.39 is 15.9 Å². The average Bonchev–Trinajstić information content (AvgIpc) is 3.16. The molecule has 8 heteroatoms. The number of sulfonamides is 1. The van der Waals surface area contributed by atoms with Gasteiger partial charge in [-0.3, -0.25) is 9.59 Å². The van der Waals surface area contributed by atoms with Crippen LogP contribution in [0.5, 0.6) is 0 Å². The topological polar surface area (TPSA) is 95.6 Å². The van der Waals surface area contributed by atoms with E-state index in [9.17, 15) is 18.0 Å². The highest BCUT2D eigenvalue weighted by molar-refractivity contribution is 7.89. The molecule has 1 unspecified atom stereocenters. The summed E-state index contributed by atoms with van der Waals surface area (Å²) >= 11 is 0. The minimum Gasteiger partial charge on any atom is -0.326 e. The molecular weight excluding hydrogens is 414 g/mol. The first-order valence-electron chi connectivity index (χ1n) is 10.7. The van der Waals surface area contributed by atoms with E-state index in [0.29, 0.717) is 18.8 Å². The molecule has 0 aliphatic carbocycles. The van der Waals surface area contributed by atoms with Crippen molar-refractivity contribution in [3.05, 3.63) is 54.6 Å². The normalized spacial score (nSPS) is 16.5. The van der Waals surface area contributed by atoms with Gasteiger partial charge in [0.25, 0.3) is 0 Å². The summed E-state index contributed by atoms with van der Waals surface area (Å²) < 4.78 is 27.4. The van der Waals surface area contributed by atoms with Crippen LogP contribution in [-0.2, 0) is 19.6 Å². The largest absolute Gasteiger partial charge is 0.326 e. The van der Waals surface area contributed by atoms with Crippen LogP contribution in [0.2, 0.25) is 0 Å². The number of anilines is 2. The fourth-order valence-corrected chi connectivity index (χ4v) is 4.62. The summed E-state index contributed by atoms with van der Waals surface area (Å²) in [4.78, 5) is 26.7. The summed E-state index contributed by atoms with van der Waals surface area (Å²) in [5, 5.41) is 2.79. The molecule has 0 saturated carbocycles. The first kappa shape index (κ1) is 23.0. The Morgan fingerprint density at radius 1 is 1.03 bits per heavy atom. The zero-order valence-corrected chi connectivity index (χ0v) is 18.5. The lowest BCUT2D eigenvalue weighted by Crippen LogP contribution is -2.28. The number of carbonyl (C=O) groups is 2. The summed E-state index contributed by atoms with van der Waals surface area (Å²) in [5.74, 6) is -0.796. The molecule has 7 nitrogen and oxygen atoms in total. The van der Waals surface area contributed by atoms with E-state index in [1.165, 1.54) is 12.1 Å². The van der Waals surface area contributed by atoms with Crippen LogP contribution in [0, 0.1) is 5.92 Å². The van der Waals surface area contributed by atoms with Gasteiger partial charge in [-0.1, -0.05) is 44.4 Å². The van der Waals surface area contributed by atoms with Crippen molar-refractivity contribution in [2.24, 2.45) is 5.92 Å². The molecule has 0 spiro atoms. The van der Waals surface area contributed by atoms with Gasteiger partial charge in [0.2, 0.25) is 21.8 Å². The fourth-order valence-electron chi connectivity index (χ4n) is 3.54. The molecule has 2 aromatic rings. The van der Waals surface area contributed by atoms with Crippen LogP contribution in [-0.4, -0.2) is 33.3 Å². The Balaban J connectivity index is 1.55. The Labute approximate surface area is 183 Å². The zero-order valence-electron chi connectivity index (χ0n) is 17.7. The summed E-state index contributed by atoms with van der Waals surface area (Å²) in [6.45, 7) is 2.84. The van der Waals surface area contributed by atoms with Crippen LogP contribution in [0.3, 0.4) is 0 Å². The number of rotatable bonds is 10. The molecule has 2 amide bonds. The summed E-state index contributed by atoms with van der Waals surface area (Å²) in [5.41, 5.74) is 1.28. The summed E-state index contributed by atoms with van der Waals surface area (Å²) in [6, 6.07) is 15.3. The molecule has 2 N–H and O–H groups in total. The number of unbranched alkanes of at least 4 members (excludes halogenated alkanes) is 3. The van der Waals surface area contributed by atoms with Crippen LogP contribution in [0.25, 0.3) is 0 Å². The van der Waals surface area contributed by atoms with Gasteiger partial charge in [-0.2, -0.15) is 0 Å². The maximum atomic E-state index is 12.6. The van der Waals surface area contributed by atoms with Crippen molar-refractivity contribution in [3.8, 4) is 0 Å². The first-order chi connectivity index (χ1) is 14.9. The second-order valence-electron chi connectivity index (χ2n) is 7.71. The SMILES string of the molecule is CCCCCCNS(=O)(=O)c1ccc(NC(=O)C2CC(=O)N(c3ccccc3)C2)cc1. The van der Waals surface area contributed by atoms with Crippen molar-refractivity contribution in [1.82, 2.24) is 4.72 Å². The lowest BCUT2D eigenvalue weighted by molar-refractivity contribution is -0.122. The van der Waals surface area contributed by atoms with Gasteiger partial charge in [0, 0.05) is 30.9 Å². The molecular formula is C23H29N3O4S. The van der Waals surface area contributed by atoms with Gasteiger partial charge in [0.05, 0.1) is 10.8 Å². The minimum atomic E-state index is -3.57. The van der Waals surface area contributed by atoms with E-state index in [4.69, 9.17) is 0 Å². The Kier molecular flexibility index (Phi) is 7.81. The van der Waals surface area contributed by atoms with Crippen molar-refractivity contribution >= 4 is 33.2 Å². The molecule has 166 valence electrons. The summed E-state index contributed by atoms with van der Waals surface area (Å²) in [7, 11) is -3.57. The first-order valence-corrected chi connectivity index (χ1v) is 12.1. The molecule has 2 aromatic carbocycles. The van der Waals surface area contributed by atoms with Gasteiger partial charge >= 0.3 is 0 Å². The van der Waals surface area contributed by atoms with E-state index in [2.05, 4.69) is 17.0 Å². The molecule has 0 bridgehead atoms. The van der Waals surface area contributed by atoms with Crippen LogP contribution >= 0.6 is 0 Å². The molecule has 0 radical (unpaired) electrons. The lowest BCUT2D eigenvalue weighted by atomic mass is 10.1. The monoisotopic (exact) mass is 443 g/mol. The third kappa shape index (κ3) is 6.15. The minimum absolute atomic E-state index is 0.0854. The number of hydrogen-bond donors (Lipinski definition) is 2. The second-order valence-corrected chi connectivity index (χ2v) is 9.48. The summed E-state index contributed by atoms with van der Waals surface area (Å²) in [6.07, 6.45) is 4.14. The number of para-hydroxylation sites is 1. The Morgan fingerprint density at radius 3 is 2.42 bits per heavy atom. The van der Waals surface area contributed by atoms with Gasteiger partial charge in [0.15, 0.2) is 0 Å². The molecule has 1 atom stereocenters. The highest BCUT2D eigenvalue weighted by atomic mass is 32.2. The van der Waals surface area contributed by atoms with Crippen LogP contribution in [0.4, 0.5) is 11.4 Å². The Morgan fingerprint density at radius 2 is 1.74 bits per heavy atom. The molecule has 1 aliphatic rings. The molecule has 31 heavy (non-hydrogen) atoms. The van der Waals surface area contributed by atoms with Gasteiger partial charge in [-0.25, -0.2) is 13.1 Å². The van der Waals surface area contributed by atoms with Crippen LogP contribution < -0.4 is 14.9 Å². The quantitative estimate of drug-likeness (QED) is 0.549. The van der Waals surface area contributed by atoms with Gasteiger partial charge < -0.3 is 10.2 Å². The Bertz CT molecular complexity index is 991. The molecule has 1 saturated heterocycles. The lowest BCUT2D eigenvalue weighted by Gasteiger charge is -2.16. The maximum Gasteiger partial charge on any atom is 0.240 e. The number of nitrogens with one attached hydrogen (secondary N) is 2. The number of carbonyl (C=O) groups excluding carboxylic acids is 2. The van der Waals surface area contributed by atoms with Gasteiger partial charge in [0.1, 0.15) is 0 Å². The number of nitrogens with zero attached hydrogens (tertiary/aromatic N) is 1. The van der Waals surface area contributed by atoms with E-state index in [1.807, 2.05) is 30.3 Å². The zero-order chi connectivity index (χ0) is 22.3. The average molecular weight is 444 g/mol. The smallest absolute Gasteiger partial charge is 0.240 e. The fraction of sp³-hybridized carbons (Fsp3) is 0.391. The van der Waals surface area contributed by atoms with E-state index in [-0.39, 0.29) is 23.1 Å². The second kappa shape index (κ2) is 10.5. The molecule has 1 aliphatic heterocycles. The van der Waals surface area contributed by atoms with E-state index >= 15 is 0 Å². The highest BCUT2D eigenvalue weighted by Gasteiger charge is 2.35. The molecule has 3 rings (SSSR count). The van der Waals surface area contributed by atoms with Crippen molar-refractivity contribution in [1.29, 1.82) is 0 Å². The Hall–Kier alpha value is -2.71. The molecule has 1 heterocycles. The van der Waals surface area contributed by atoms with Crippen molar-refractivity contribution in [2.45, 2.75) is 43.9 Å². The van der Waals surface area contributed by atoms with Crippen molar-refractivity contribution in [3.63, 3.8) is 0 Å². The van der Waals surface area contributed by atoms with Crippen LogP contribution in [0.15, 0.2) is 59.5 Å².